The van der Waals surface area contributed by atoms with Gasteiger partial charge in [-0.05, 0) is 44.9 Å². The molecule has 2 radical (unpaired) electrons. The molecule has 0 nitrogen and oxygen atoms in total. The molecule has 0 bridgehead atoms. The van der Waals surface area contributed by atoms with Crippen molar-refractivity contribution < 1.29 is 23.3 Å². The number of benzene rings is 4. The third-order valence-corrected chi connectivity index (χ3v) is 9.74. The van der Waals surface area contributed by atoms with Gasteiger partial charge >= 0.3 is 30.2 Å². The van der Waals surface area contributed by atoms with Crippen molar-refractivity contribution >= 4 is 53.2 Å². The third kappa shape index (κ3) is 10.9. The predicted molar refractivity (Wildman–Crippen MR) is 238 cm³/mol. The van der Waals surface area contributed by atoms with Crippen molar-refractivity contribution in [3.63, 3.8) is 0 Å². The Morgan fingerprint density at radius 3 is 1.04 bits per heavy atom. The molecule has 0 aliphatic heterocycles. The first-order valence-corrected chi connectivity index (χ1v) is 21.6. The molecule has 0 spiro atoms. The number of hydrogen-bond donors (Lipinski definition) is 0. The first-order chi connectivity index (χ1) is 22.6. The van der Waals surface area contributed by atoms with Gasteiger partial charge in [0, 0.05) is 0 Å². The van der Waals surface area contributed by atoms with Crippen molar-refractivity contribution in [2.24, 2.45) is 0 Å². The van der Waals surface area contributed by atoms with E-state index in [-0.39, 0.29) is 50.5 Å². The summed E-state index contributed by atoms with van der Waals surface area (Å²) in [5.41, 5.74) is 14.3. The van der Waals surface area contributed by atoms with Crippen LogP contribution in [0.1, 0.15) is 114 Å². The molecule has 6 aromatic rings. The van der Waals surface area contributed by atoms with Crippen LogP contribution in [0.25, 0.3) is 43.8 Å². The molecule has 4 heteroatoms. The van der Waals surface area contributed by atoms with Gasteiger partial charge in [-0.1, -0.05) is 155 Å². The third-order valence-electron chi connectivity index (χ3n) is 9.74. The second kappa shape index (κ2) is 20.5. The van der Waals surface area contributed by atoms with E-state index >= 15 is 0 Å². The van der Waals surface area contributed by atoms with E-state index in [0.717, 1.165) is 0 Å². The predicted octanol–water partition coefficient (Wildman–Crippen LogP) is 15.3. The molecule has 0 atom stereocenters. The Morgan fingerprint density at radius 2 is 0.788 bits per heavy atom. The minimum atomic E-state index is 0. The van der Waals surface area contributed by atoms with Crippen LogP contribution in [-0.2, 0) is 34.2 Å². The van der Waals surface area contributed by atoms with Crippen molar-refractivity contribution in [2.75, 3.05) is 0 Å². The van der Waals surface area contributed by atoms with E-state index in [1.54, 1.807) is 0 Å². The van der Waals surface area contributed by atoms with E-state index < -0.39 is 0 Å². The van der Waals surface area contributed by atoms with Gasteiger partial charge < -0.3 is 14.9 Å². The zero-order valence-electron chi connectivity index (χ0n) is 34.2. The van der Waals surface area contributed by atoms with Crippen LogP contribution in [0.4, 0.5) is 0 Å². The zero-order valence-corrected chi connectivity index (χ0v) is 39.3. The Kier molecular flexibility index (Phi) is 19.6. The average Bonchev–Trinajstić information content (AvgIpc) is 3.59. The van der Waals surface area contributed by atoms with Crippen LogP contribution in [0, 0.1) is 28.7 Å². The fraction of sp³-hybridized carbons (Fsp3) is 0.333. The molecule has 0 saturated heterocycles. The van der Waals surface area contributed by atoms with Crippen molar-refractivity contribution in [1.29, 1.82) is 0 Å². The maximum absolute atomic E-state index is 3.06. The number of aryl methyl sites for hydroxylation is 2. The monoisotopic (exact) mass is 826 g/mol. The van der Waals surface area contributed by atoms with E-state index in [4.69, 9.17) is 0 Å². The van der Waals surface area contributed by atoms with E-state index in [1.807, 2.05) is 0 Å². The zero-order chi connectivity index (χ0) is 35.6. The molecule has 6 aromatic carbocycles. The first-order valence-electron chi connectivity index (χ1n) is 17.4. The van der Waals surface area contributed by atoms with Crippen LogP contribution < -0.4 is 0 Å². The number of fused-ring (bicyclic) bond motifs is 2. The van der Waals surface area contributed by atoms with Crippen molar-refractivity contribution in [3.05, 3.63) is 145 Å². The fourth-order valence-corrected chi connectivity index (χ4v) is 7.15. The molecule has 0 unspecified atom stereocenters. The SMILES string of the molecule is Cc1c(C(C)(C)C)[cH-]c2cccc(-c3ccc(C(C)C)cc3)c12.Cc1c(C(C)(C)C)[cH-]c2cccc(-c3ccc(C(C)C)cc3)c12.Cl.Cl.[CH3-].[CH3-].[Si]=[Zr]. The van der Waals surface area contributed by atoms with Gasteiger partial charge in [0.2, 0.25) is 0 Å². The molecule has 6 rings (SSSR count). The first kappa shape index (κ1) is 49.8. The van der Waals surface area contributed by atoms with Gasteiger partial charge in [-0.25, -0.2) is 0 Å². The van der Waals surface area contributed by atoms with Crippen LogP contribution in [0.2, 0.25) is 0 Å². The van der Waals surface area contributed by atoms with Crippen molar-refractivity contribution in [1.82, 2.24) is 0 Å². The summed E-state index contributed by atoms with van der Waals surface area (Å²) in [6, 6.07) is 36.2. The van der Waals surface area contributed by atoms with E-state index in [1.165, 1.54) is 101 Å². The van der Waals surface area contributed by atoms with Gasteiger partial charge in [0.1, 0.15) is 0 Å². The summed E-state index contributed by atoms with van der Waals surface area (Å²) in [5.74, 6) is 1.15. The van der Waals surface area contributed by atoms with Gasteiger partial charge in [0.25, 0.3) is 0 Å². The van der Waals surface area contributed by atoms with E-state index in [2.05, 4.69) is 187 Å². The topological polar surface area (TPSA) is 0 Å². The summed E-state index contributed by atoms with van der Waals surface area (Å²) >= 11 is 1.36. The molecule has 0 aliphatic carbocycles. The van der Waals surface area contributed by atoms with E-state index in [0.29, 0.717) is 11.8 Å². The molecule has 0 aliphatic rings. The van der Waals surface area contributed by atoms with Gasteiger partial charge in [-0.2, -0.15) is 11.1 Å². The summed E-state index contributed by atoms with van der Waals surface area (Å²) in [6.45, 7) is 30.4. The Morgan fingerprint density at radius 1 is 0.500 bits per heavy atom. The van der Waals surface area contributed by atoms with Gasteiger partial charge in [-0.15, -0.1) is 93.9 Å². The molecule has 0 N–H and O–H groups in total. The molecular formula is C48H62Cl2SiZr-4. The Balaban J connectivity index is 0.000000890. The molecule has 280 valence electrons. The molecule has 52 heavy (non-hydrogen) atoms. The molecule has 0 saturated carbocycles. The number of hydrogen-bond acceptors (Lipinski definition) is 0. The second-order valence-electron chi connectivity index (χ2n) is 16.0. The number of rotatable bonds is 4. The second-order valence-corrected chi connectivity index (χ2v) is 16.0. The quantitative estimate of drug-likeness (QED) is 0.123. The van der Waals surface area contributed by atoms with Gasteiger partial charge in [-0.3, -0.25) is 0 Å². The van der Waals surface area contributed by atoms with Crippen molar-refractivity contribution in [3.8, 4) is 22.3 Å². The summed E-state index contributed by atoms with van der Waals surface area (Å²) in [5, 5.41) is 5.54. The summed E-state index contributed by atoms with van der Waals surface area (Å²) < 4.78 is 0. The van der Waals surface area contributed by atoms with Crippen molar-refractivity contribution in [2.45, 2.75) is 106 Å². The Labute approximate surface area is 347 Å². The van der Waals surface area contributed by atoms with Gasteiger partial charge in [0.05, 0.1) is 0 Å². The van der Waals surface area contributed by atoms with Crippen LogP contribution >= 0.6 is 24.8 Å². The summed E-state index contributed by atoms with van der Waals surface area (Å²) in [6.07, 6.45) is 0. The molecular weight excluding hydrogens is 767 g/mol. The Hall–Kier alpha value is -2.22. The molecule has 0 heterocycles. The number of halogens is 2. The van der Waals surface area contributed by atoms with Gasteiger partial charge in [0.15, 0.2) is 0 Å². The molecule has 0 aromatic heterocycles. The van der Waals surface area contributed by atoms with Crippen LogP contribution in [-0.4, -0.2) is 6.88 Å². The molecule has 0 amide bonds. The summed E-state index contributed by atoms with van der Waals surface area (Å²) in [4.78, 5) is 0. The Bertz CT molecular complexity index is 1830. The standard InChI is InChI=1S/2C23H27.2CH3.2ClH.Si.Zr/c2*1-15(2)17-10-12-18(13-11-17)20-9-7-8-19-14-21(23(4,5)6)16(3)22(19)20;;;;;;/h2*7-15H,1-6H3;2*1H3;2*1H;;/q4*-1;;;;. The minimum absolute atomic E-state index is 0. The average molecular weight is 829 g/mol. The van der Waals surface area contributed by atoms with Crippen LogP contribution in [0.5, 0.6) is 0 Å². The maximum atomic E-state index is 3.06. The summed E-state index contributed by atoms with van der Waals surface area (Å²) in [7, 11) is 0. The van der Waals surface area contributed by atoms with Crippen LogP contribution in [0.3, 0.4) is 0 Å². The normalized spacial score (nSPS) is 10.9. The van der Waals surface area contributed by atoms with Crippen LogP contribution in [0.15, 0.2) is 97.1 Å². The molecule has 0 fully saturated rings. The fourth-order valence-electron chi connectivity index (χ4n) is 7.15. The van der Waals surface area contributed by atoms with E-state index in [9.17, 15) is 0 Å².